The molecule has 1 saturated heterocycles. The van der Waals surface area contributed by atoms with Crippen molar-refractivity contribution in [2.24, 2.45) is 5.92 Å². The highest BCUT2D eigenvalue weighted by Gasteiger charge is 2.32. The molecule has 1 unspecified atom stereocenters. The van der Waals surface area contributed by atoms with E-state index in [-0.39, 0.29) is 5.97 Å². The van der Waals surface area contributed by atoms with Gasteiger partial charge in [-0.2, -0.15) is 0 Å². The zero-order chi connectivity index (χ0) is 15.0. The van der Waals surface area contributed by atoms with Gasteiger partial charge in [0.25, 0.3) is 0 Å². The van der Waals surface area contributed by atoms with Crippen LogP contribution in [0.4, 0.5) is 0 Å². The number of methoxy groups -OCH3 is 2. The summed E-state index contributed by atoms with van der Waals surface area (Å²) in [5.74, 6) is 0.535. The predicted molar refractivity (Wildman–Crippen MR) is 79.8 cm³/mol. The molecule has 0 spiro atoms. The lowest BCUT2D eigenvalue weighted by Gasteiger charge is -2.32. The maximum Gasteiger partial charge on any atom is 0.325 e. The van der Waals surface area contributed by atoms with Crippen molar-refractivity contribution in [1.29, 1.82) is 0 Å². The van der Waals surface area contributed by atoms with Crippen LogP contribution in [0.25, 0.3) is 0 Å². The van der Waals surface area contributed by atoms with Gasteiger partial charge in [-0.1, -0.05) is 0 Å². The lowest BCUT2D eigenvalue weighted by molar-refractivity contribution is -0.148. The standard InChI is InChI=1S/C15H30N2O3/c1-15(16-2,14(18)20-4)8-5-9-17-10-6-13(7-11-17)12-19-3/h13,16H,5-12H2,1-4H3. The minimum atomic E-state index is -0.566. The number of rotatable bonds is 8. The zero-order valence-electron chi connectivity index (χ0n) is 13.4. The summed E-state index contributed by atoms with van der Waals surface area (Å²) in [6.45, 7) is 6.12. The molecule has 1 aliphatic rings. The summed E-state index contributed by atoms with van der Waals surface area (Å²) in [5, 5.41) is 3.08. The van der Waals surface area contributed by atoms with Crippen LogP contribution < -0.4 is 5.32 Å². The Morgan fingerprint density at radius 1 is 1.35 bits per heavy atom. The third-order valence-electron chi connectivity index (χ3n) is 4.45. The monoisotopic (exact) mass is 286 g/mol. The molecule has 5 nitrogen and oxygen atoms in total. The van der Waals surface area contributed by atoms with Gasteiger partial charge < -0.3 is 19.7 Å². The first kappa shape index (κ1) is 17.4. The molecule has 0 aromatic rings. The van der Waals surface area contributed by atoms with Crippen LogP contribution >= 0.6 is 0 Å². The highest BCUT2D eigenvalue weighted by molar-refractivity contribution is 5.80. The predicted octanol–water partition coefficient (Wildman–Crippen LogP) is 1.28. The fourth-order valence-corrected chi connectivity index (χ4v) is 2.82. The number of hydrogen-bond donors (Lipinski definition) is 1. The van der Waals surface area contributed by atoms with Crippen LogP contribution in [0, 0.1) is 5.92 Å². The first-order valence-corrected chi connectivity index (χ1v) is 7.54. The molecule has 1 fully saturated rings. The maximum absolute atomic E-state index is 11.7. The van der Waals surface area contributed by atoms with E-state index in [0.29, 0.717) is 5.92 Å². The minimum Gasteiger partial charge on any atom is -0.468 e. The van der Waals surface area contributed by atoms with E-state index in [0.717, 1.165) is 39.1 Å². The fraction of sp³-hybridized carbons (Fsp3) is 0.933. The largest absolute Gasteiger partial charge is 0.468 e. The van der Waals surface area contributed by atoms with Crippen LogP contribution in [0.3, 0.4) is 0 Å². The molecule has 0 radical (unpaired) electrons. The number of piperidine rings is 1. The van der Waals surface area contributed by atoms with Crippen molar-refractivity contribution in [3.63, 3.8) is 0 Å². The van der Waals surface area contributed by atoms with Crippen molar-refractivity contribution in [3.8, 4) is 0 Å². The van der Waals surface area contributed by atoms with E-state index < -0.39 is 5.54 Å². The van der Waals surface area contributed by atoms with Gasteiger partial charge in [-0.25, -0.2) is 0 Å². The van der Waals surface area contributed by atoms with Crippen LogP contribution in [0.5, 0.6) is 0 Å². The van der Waals surface area contributed by atoms with Crippen LogP contribution in [-0.2, 0) is 14.3 Å². The second-order valence-corrected chi connectivity index (χ2v) is 5.92. The van der Waals surface area contributed by atoms with Gasteiger partial charge >= 0.3 is 5.97 Å². The van der Waals surface area contributed by atoms with Gasteiger partial charge in [-0.05, 0) is 65.2 Å². The smallest absolute Gasteiger partial charge is 0.325 e. The van der Waals surface area contributed by atoms with Crippen LogP contribution in [0.1, 0.15) is 32.6 Å². The van der Waals surface area contributed by atoms with Crippen molar-refractivity contribution in [3.05, 3.63) is 0 Å². The molecular weight excluding hydrogens is 256 g/mol. The Labute approximate surface area is 123 Å². The molecule has 1 N–H and O–H groups in total. The molecule has 1 atom stereocenters. The summed E-state index contributed by atoms with van der Waals surface area (Å²) in [5.41, 5.74) is -0.566. The number of carbonyl (C=O) groups is 1. The number of ether oxygens (including phenoxy) is 2. The van der Waals surface area contributed by atoms with Gasteiger partial charge in [0.2, 0.25) is 0 Å². The SMILES string of the molecule is CNC(C)(CCCN1CCC(COC)CC1)C(=O)OC. The maximum atomic E-state index is 11.7. The Balaban J connectivity index is 2.26. The number of hydrogen-bond acceptors (Lipinski definition) is 5. The molecule has 5 heteroatoms. The summed E-state index contributed by atoms with van der Waals surface area (Å²) in [6, 6.07) is 0. The molecule has 0 amide bonds. The van der Waals surface area contributed by atoms with Gasteiger partial charge in [-0.15, -0.1) is 0 Å². The third kappa shape index (κ3) is 5.04. The van der Waals surface area contributed by atoms with Gasteiger partial charge in [0.1, 0.15) is 5.54 Å². The van der Waals surface area contributed by atoms with Gasteiger partial charge in [0.15, 0.2) is 0 Å². The second-order valence-electron chi connectivity index (χ2n) is 5.92. The van der Waals surface area contributed by atoms with Crippen molar-refractivity contribution in [2.75, 3.05) is 47.5 Å². The van der Waals surface area contributed by atoms with Crippen molar-refractivity contribution < 1.29 is 14.3 Å². The molecule has 0 saturated carbocycles. The molecule has 1 heterocycles. The van der Waals surface area contributed by atoms with Crippen molar-refractivity contribution in [2.45, 2.75) is 38.1 Å². The Morgan fingerprint density at radius 2 is 2.00 bits per heavy atom. The molecule has 118 valence electrons. The highest BCUT2D eigenvalue weighted by Crippen LogP contribution is 2.19. The summed E-state index contributed by atoms with van der Waals surface area (Å²) in [4.78, 5) is 14.2. The third-order valence-corrected chi connectivity index (χ3v) is 4.45. The zero-order valence-corrected chi connectivity index (χ0v) is 13.4. The lowest BCUT2D eigenvalue weighted by atomic mass is 9.94. The molecule has 20 heavy (non-hydrogen) atoms. The Bertz CT molecular complexity index is 291. The molecular formula is C15H30N2O3. The Morgan fingerprint density at radius 3 is 2.50 bits per heavy atom. The average Bonchev–Trinajstić information content (AvgIpc) is 2.48. The summed E-state index contributed by atoms with van der Waals surface area (Å²) < 4.78 is 10.1. The van der Waals surface area contributed by atoms with Gasteiger partial charge in [-0.3, -0.25) is 4.79 Å². The van der Waals surface area contributed by atoms with Crippen molar-refractivity contribution >= 4 is 5.97 Å². The fourth-order valence-electron chi connectivity index (χ4n) is 2.82. The van der Waals surface area contributed by atoms with E-state index in [1.54, 1.807) is 7.11 Å². The molecule has 0 aromatic heterocycles. The van der Waals surface area contributed by atoms with Gasteiger partial charge in [0.05, 0.1) is 7.11 Å². The summed E-state index contributed by atoms with van der Waals surface area (Å²) in [7, 11) is 5.03. The van der Waals surface area contributed by atoms with Crippen LogP contribution in [-0.4, -0.2) is 63.9 Å². The summed E-state index contributed by atoms with van der Waals surface area (Å²) in [6.07, 6.45) is 4.23. The van der Waals surface area contributed by atoms with E-state index in [4.69, 9.17) is 9.47 Å². The average molecular weight is 286 g/mol. The molecule has 0 aromatic carbocycles. The number of esters is 1. The quantitative estimate of drug-likeness (QED) is 0.681. The first-order valence-electron chi connectivity index (χ1n) is 7.54. The topological polar surface area (TPSA) is 50.8 Å². The lowest BCUT2D eigenvalue weighted by Crippen LogP contribution is -2.48. The first-order chi connectivity index (χ1) is 9.55. The van der Waals surface area contributed by atoms with Crippen molar-refractivity contribution in [1.82, 2.24) is 10.2 Å². The van der Waals surface area contributed by atoms with E-state index >= 15 is 0 Å². The normalized spacial score (nSPS) is 20.6. The number of carbonyl (C=O) groups excluding carboxylic acids is 1. The second kappa shape index (κ2) is 8.60. The number of nitrogens with zero attached hydrogens (tertiary/aromatic N) is 1. The Hall–Kier alpha value is -0.650. The van der Waals surface area contributed by atoms with E-state index in [1.165, 1.54) is 20.0 Å². The highest BCUT2D eigenvalue weighted by atomic mass is 16.5. The van der Waals surface area contributed by atoms with Crippen LogP contribution in [0.2, 0.25) is 0 Å². The Kier molecular flexibility index (Phi) is 7.48. The number of likely N-dealkylation sites (tertiary alicyclic amines) is 1. The van der Waals surface area contributed by atoms with E-state index in [1.807, 2.05) is 14.0 Å². The molecule has 1 aliphatic heterocycles. The molecule has 0 bridgehead atoms. The summed E-state index contributed by atoms with van der Waals surface area (Å²) >= 11 is 0. The molecule has 1 rings (SSSR count). The van der Waals surface area contributed by atoms with Gasteiger partial charge in [0, 0.05) is 13.7 Å². The van der Waals surface area contributed by atoms with E-state index in [9.17, 15) is 4.79 Å². The number of nitrogens with one attached hydrogen (secondary N) is 1. The molecule has 0 aliphatic carbocycles. The van der Waals surface area contributed by atoms with E-state index in [2.05, 4.69) is 10.2 Å². The minimum absolute atomic E-state index is 0.182. The van der Waals surface area contributed by atoms with Crippen LogP contribution in [0.15, 0.2) is 0 Å². The number of likely N-dealkylation sites (N-methyl/N-ethyl adjacent to an activating group) is 1.